The summed E-state index contributed by atoms with van der Waals surface area (Å²) in [5.74, 6) is 2.41. The van der Waals surface area contributed by atoms with Gasteiger partial charge in [-0.2, -0.15) is 0 Å². The molecule has 0 saturated heterocycles. The first-order chi connectivity index (χ1) is 11.9. The van der Waals surface area contributed by atoms with E-state index in [1.165, 1.54) is 31.5 Å². The molecule has 0 spiro atoms. The molecule has 0 radical (unpaired) electrons. The molecule has 2 rings (SSSR count). The molecule has 0 saturated carbocycles. The van der Waals surface area contributed by atoms with Crippen LogP contribution >= 0.6 is 0 Å². The van der Waals surface area contributed by atoms with Gasteiger partial charge in [0.2, 0.25) is 0 Å². The Labute approximate surface area is 146 Å². The number of terminal acetylenes is 1. The van der Waals surface area contributed by atoms with Gasteiger partial charge in [-0.1, -0.05) is 12.8 Å². The van der Waals surface area contributed by atoms with Crippen LogP contribution in [0.1, 0.15) is 30.6 Å². The lowest BCUT2D eigenvalue weighted by molar-refractivity contribution is 0.0924. The molecular weight excluding hydrogens is 321 g/mol. The van der Waals surface area contributed by atoms with E-state index in [1.54, 1.807) is 19.1 Å². The maximum Gasteiger partial charge on any atom is 0.256 e. The molecule has 0 bridgehead atoms. The van der Waals surface area contributed by atoms with Crippen LogP contribution in [0.4, 0.5) is 15.9 Å². The van der Waals surface area contributed by atoms with Crippen LogP contribution in [0.15, 0.2) is 36.5 Å². The molecule has 2 N–H and O–H groups in total. The minimum absolute atomic E-state index is 0.155. The number of nitrogens with zero attached hydrogens (tertiary/aromatic N) is 1. The summed E-state index contributed by atoms with van der Waals surface area (Å²) in [5, 5.41) is 5.64. The maximum atomic E-state index is 14.0. The van der Waals surface area contributed by atoms with Crippen molar-refractivity contribution in [3.05, 3.63) is 47.9 Å². The fraction of sp³-hybridized carbons (Fsp3) is 0.263. The van der Waals surface area contributed by atoms with Crippen molar-refractivity contribution in [2.45, 2.75) is 25.8 Å². The maximum absolute atomic E-state index is 14.0. The number of ether oxygens (including phenoxy) is 1. The Balaban J connectivity index is 2.33. The Morgan fingerprint density at radius 2 is 2.20 bits per heavy atom. The number of aromatic nitrogens is 1. The molecule has 5 nitrogen and oxygen atoms in total. The highest BCUT2D eigenvalue weighted by Gasteiger charge is 2.24. The molecule has 1 unspecified atom stereocenters. The van der Waals surface area contributed by atoms with Crippen LogP contribution in [0.25, 0.3) is 0 Å². The van der Waals surface area contributed by atoms with Gasteiger partial charge in [0, 0.05) is 12.3 Å². The first-order valence-electron chi connectivity index (χ1n) is 7.78. The van der Waals surface area contributed by atoms with Crippen LogP contribution in [0.2, 0.25) is 0 Å². The van der Waals surface area contributed by atoms with Gasteiger partial charge in [-0.25, -0.2) is 9.37 Å². The van der Waals surface area contributed by atoms with Gasteiger partial charge < -0.3 is 15.4 Å². The number of pyridine rings is 1. The van der Waals surface area contributed by atoms with Crippen molar-refractivity contribution in [3.63, 3.8) is 0 Å². The number of methoxy groups -OCH3 is 1. The average Bonchev–Trinajstić information content (AvgIpc) is 2.63. The third-order valence-electron chi connectivity index (χ3n) is 3.89. The Bertz CT molecular complexity index is 817. The minimum Gasteiger partial charge on any atom is -0.497 e. The van der Waals surface area contributed by atoms with Crippen molar-refractivity contribution >= 4 is 17.4 Å². The summed E-state index contributed by atoms with van der Waals surface area (Å²) in [4.78, 5) is 16.7. The molecule has 6 heteroatoms. The molecule has 0 aliphatic rings. The lowest BCUT2D eigenvalue weighted by Gasteiger charge is -2.24. The van der Waals surface area contributed by atoms with E-state index in [0.717, 1.165) is 0 Å². The van der Waals surface area contributed by atoms with Crippen LogP contribution in [0.5, 0.6) is 5.75 Å². The Morgan fingerprint density at radius 3 is 2.84 bits per heavy atom. The summed E-state index contributed by atoms with van der Waals surface area (Å²) in [6, 6.07) is 7.49. The lowest BCUT2D eigenvalue weighted by atomic mass is 9.99. The highest BCUT2D eigenvalue weighted by atomic mass is 19.1. The van der Waals surface area contributed by atoms with Crippen LogP contribution in [-0.4, -0.2) is 23.5 Å². The first-order valence-corrected chi connectivity index (χ1v) is 7.78. The summed E-state index contributed by atoms with van der Waals surface area (Å²) >= 11 is 0. The zero-order valence-electron chi connectivity index (χ0n) is 14.4. The number of anilines is 2. The first kappa shape index (κ1) is 18.3. The predicted molar refractivity (Wildman–Crippen MR) is 95.5 cm³/mol. The van der Waals surface area contributed by atoms with Crippen LogP contribution in [0, 0.1) is 18.2 Å². The quantitative estimate of drug-likeness (QED) is 0.790. The topological polar surface area (TPSA) is 63.2 Å². The smallest absolute Gasteiger partial charge is 0.256 e. The van der Waals surface area contributed by atoms with Gasteiger partial charge in [0.15, 0.2) is 0 Å². The van der Waals surface area contributed by atoms with Gasteiger partial charge in [0.1, 0.15) is 17.4 Å². The number of amides is 1. The molecule has 0 aliphatic heterocycles. The standard InChI is InChI=1S/C19H20FN3O2/c1-5-19(3,6-2)23-18(24)14-8-7-11-21-17(14)22-16-12-13(25-4)9-10-15(16)20/h1,7-12H,6H2,2-4H3,(H,21,22)(H,23,24). The molecule has 130 valence electrons. The second-order valence-electron chi connectivity index (χ2n) is 5.65. The molecule has 1 atom stereocenters. The molecule has 25 heavy (non-hydrogen) atoms. The number of hydrogen-bond donors (Lipinski definition) is 2. The van der Waals surface area contributed by atoms with Crippen molar-refractivity contribution in [2.75, 3.05) is 12.4 Å². The normalized spacial score (nSPS) is 12.6. The van der Waals surface area contributed by atoms with E-state index >= 15 is 0 Å². The minimum atomic E-state index is -0.772. The van der Waals surface area contributed by atoms with Gasteiger partial charge in [-0.05, 0) is 37.6 Å². The number of benzene rings is 1. The van der Waals surface area contributed by atoms with E-state index in [0.29, 0.717) is 12.2 Å². The molecule has 1 amide bonds. The number of halogens is 1. The fourth-order valence-electron chi connectivity index (χ4n) is 2.09. The van der Waals surface area contributed by atoms with Crippen molar-refractivity contribution < 1.29 is 13.9 Å². The molecule has 1 heterocycles. The lowest BCUT2D eigenvalue weighted by Crippen LogP contribution is -2.44. The third kappa shape index (κ3) is 4.27. The van der Waals surface area contributed by atoms with Crippen molar-refractivity contribution in [3.8, 4) is 18.1 Å². The van der Waals surface area contributed by atoms with E-state index in [1.807, 2.05) is 6.92 Å². The monoisotopic (exact) mass is 341 g/mol. The molecule has 0 aliphatic carbocycles. The van der Waals surface area contributed by atoms with E-state index in [4.69, 9.17) is 11.2 Å². The van der Waals surface area contributed by atoms with Gasteiger partial charge in [0.05, 0.1) is 23.9 Å². The highest BCUT2D eigenvalue weighted by Crippen LogP contribution is 2.25. The summed E-state index contributed by atoms with van der Waals surface area (Å²) in [6.45, 7) is 3.64. The Morgan fingerprint density at radius 1 is 1.44 bits per heavy atom. The number of carbonyl (C=O) groups is 1. The Hall–Kier alpha value is -3.07. The third-order valence-corrected chi connectivity index (χ3v) is 3.89. The van der Waals surface area contributed by atoms with Crippen LogP contribution in [0.3, 0.4) is 0 Å². The fourth-order valence-corrected chi connectivity index (χ4v) is 2.09. The predicted octanol–water partition coefficient (Wildman–Crippen LogP) is 3.50. The Kier molecular flexibility index (Phi) is 5.60. The highest BCUT2D eigenvalue weighted by molar-refractivity contribution is 6.00. The second kappa shape index (κ2) is 7.67. The van der Waals surface area contributed by atoms with Crippen LogP contribution in [-0.2, 0) is 0 Å². The van der Waals surface area contributed by atoms with Gasteiger partial charge in [-0.15, -0.1) is 6.42 Å². The molecule has 2 aromatic rings. The average molecular weight is 341 g/mol. The van der Waals surface area contributed by atoms with Crippen molar-refractivity contribution in [1.82, 2.24) is 10.3 Å². The van der Waals surface area contributed by atoms with Crippen LogP contribution < -0.4 is 15.4 Å². The van der Waals surface area contributed by atoms with E-state index in [9.17, 15) is 9.18 Å². The SMILES string of the molecule is C#CC(C)(CC)NC(=O)c1cccnc1Nc1cc(OC)ccc1F. The molecule has 1 aromatic heterocycles. The number of nitrogens with one attached hydrogen (secondary N) is 2. The second-order valence-corrected chi connectivity index (χ2v) is 5.65. The van der Waals surface area contributed by atoms with Crippen molar-refractivity contribution in [1.29, 1.82) is 0 Å². The number of carbonyl (C=O) groups excluding carboxylic acids is 1. The molecule has 1 aromatic carbocycles. The zero-order valence-corrected chi connectivity index (χ0v) is 14.4. The van der Waals surface area contributed by atoms with Gasteiger partial charge in [0.25, 0.3) is 5.91 Å². The van der Waals surface area contributed by atoms with Gasteiger partial charge in [-0.3, -0.25) is 4.79 Å². The number of rotatable bonds is 6. The van der Waals surface area contributed by atoms with Gasteiger partial charge >= 0.3 is 0 Å². The molecular formula is C19H20FN3O2. The summed E-state index contributed by atoms with van der Waals surface area (Å²) < 4.78 is 19.1. The summed E-state index contributed by atoms with van der Waals surface area (Å²) in [5.41, 5.74) is -0.354. The van der Waals surface area contributed by atoms with E-state index in [-0.39, 0.29) is 23.0 Å². The summed E-state index contributed by atoms with van der Waals surface area (Å²) in [6.07, 6.45) is 7.58. The van der Waals surface area contributed by atoms with E-state index < -0.39 is 11.4 Å². The number of hydrogen-bond acceptors (Lipinski definition) is 4. The zero-order chi connectivity index (χ0) is 18.4. The molecule has 0 fully saturated rings. The van der Waals surface area contributed by atoms with E-state index in [2.05, 4.69) is 21.5 Å². The van der Waals surface area contributed by atoms with Crippen molar-refractivity contribution in [2.24, 2.45) is 0 Å². The summed E-state index contributed by atoms with van der Waals surface area (Å²) in [7, 11) is 1.49. The largest absolute Gasteiger partial charge is 0.497 e.